The smallest absolute Gasteiger partial charge is 0.223 e. The van der Waals surface area contributed by atoms with Crippen molar-refractivity contribution in [2.75, 3.05) is 20.3 Å². The van der Waals surface area contributed by atoms with E-state index in [0.717, 1.165) is 25.7 Å². The third kappa shape index (κ3) is 7.07. The molecular formula is C12H24ClNO2. The summed E-state index contributed by atoms with van der Waals surface area (Å²) < 4.78 is 4.90. The SMILES string of the molecule is CCCCC(CC)C(=O)NCC(Cl)COC. The fraction of sp³-hybridized carbons (Fsp3) is 0.917. The second kappa shape index (κ2) is 9.91. The highest BCUT2D eigenvalue weighted by Gasteiger charge is 2.16. The van der Waals surface area contributed by atoms with Crippen LogP contribution in [0.4, 0.5) is 0 Å². The molecule has 16 heavy (non-hydrogen) atoms. The third-order valence-corrected chi connectivity index (χ3v) is 2.90. The predicted molar refractivity (Wildman–Crippen MR) is 67.8 cm³/mol. The van der Waals surface area contributed by atoms with Gasteiger partial charge in [-0.15, -0.1) is 11.6 Å². The lowest BCUT2D eigenvalue weighted by Crippen LogP contribution is -2.35. The van der Waals surface area contributed by atoms with Gasteiger partial charge in [-0.2, -0.15) is 0 Å². The molecule has 0 aliphatic carbocycles. The van der Waals surface area contributed by atoms with Crippen molar-refractivity contribution in [1.29, 1.82) is 0 Å². The fourth-order valence-corrected chi connectivity index (χ4v) is 1.77. The van der Waals surface area contributed by atoms with E-state index >= 15 is 0 Å². The van der Waals surface area contributed by atoms with Gasteiger partial charge in [0.15, 0.2) is 0 Å². The zero-order valence-electron chi connectivity index (χ0n) is 10.6. The van der Waals surface area contributed by atoms with Crippen LogP contribution in [0.25, 0.3) is 0 Å². The van der Waals surface area contributed by atoms with Crippen molar-refractivity contribution >= 4 is 17.5 Å². The lowest BCUT2D eigenvalue weighted by molar-refractivity contribution is -0.125. The van der Waals surface area contributed by atoms with Gasteiger partial charge in [-0.1, -0.05) is 26.7 Å². The van der Waals surface area contributed by atoms with Crippen LogP contribution in [0, 0.1) is 5.92 Å². The summed E-state index contributed by atoms with van der Waals surface area (Å²) in [6.07, 6.45) is 4.10. The maximum atomic E-state index is 11.8. The van der Waals surface area contributed by atoms with Gasteiger partial charge in [-0.3, -0.25) is 4.79 Å². The number of nitrogens with one attached hydrogen (secondary N) is 1. The van der Waals surface area contributed by atoms with Crippen molar-refractivity contribution in [3.8, 4) is 0 Å². The van der Waals surface area contributed by atoms with Crippen molar-refractivity contribution in [3.63, 3.8) is 0 Å². The summed E-state index contributed by atoms with van der Waals surface area (Å²) in [5, 5.41) is 2.74. The van der Waals surface area contributed by atoms with E-state index < -0.39 is 0 Å². The van der Waals surface area contributed by atoms with E-state index in [1.807, 2.05) is 6.92 Å². The van der Waals surface area contributed by atoms with Gasteiger partial charge < -0.3 is 10.1 Å². The van der Waals surface area contributed by atoms with Crippen molar-refractivity contribution < 1.29 is 9.53 Å². The Morgan fingerprint density at radius 2 is 2.12 bits per heavy atom. The number of hydrogen-bond donors (Lipinski definition) is 1. The molecule has 0 radical (unpaired) electrons. The van der Waals surface area contributed by atoms with Crippen LogP contribution in [-0.4, -0.2) is 31.5 Å². The fourth-order valence-electron chi connectivity index (χ4n) is 1.57. The lowest BCUT2D eigenvalue weighted by atomic mass is 9.98. The molecule has 0 rings (SSSR count). The molecule has 96 valence electrons. The Morgan fingerprint density at radius 1 is 1.44 bits per heavy atom. The van der Waals surface area contributed by atoms with Crippen LogP contribution in [0.1, 0.15) is 39.5 Å². The highest BCUT2D eigenvalue weighted by molar-refractivity contribution is 6.21. The molecule has 2 unspecified atom stereocenters. The molecule has 2 atom stereocenters. The number of rotatable bonds is 9. The lowest BCUT2D eigenvalue weighted by Gasteiger charge is -2.16. The molecule has 0 bridgehead atoms. The molecule has 1 amide bonds. The van der Waals surface area contributed by atoms with Crippen LogP contribution in [0.3, 0.4) is 0 Å². The van der Waals surface area contributed by atoms with Crippen LogP contribution < -0.4 is 5.32 Å². The Labute approximate surface area is 104 Å². The van der Waals surface area contributed by atoms with Crippen LogP contribution >= 0.6 is 11.6 Å². The molecule has 0 aromatic rings. The summed E-state index contributed by atoms with van der Waals surface area (Å²) in [6, 6.07) is 0. The number of carbonyl (C=O) groups is 1. The molecule has 0 aliphatic heterocycles. The van der Waals surface area contributed by atoms with Gasteiger partial charge in [0, 0.05) is 19.6 Å². The van der Waals surface area contributed by atoms with E-state index in [9.17, 15) is 4.79 Å². The van der Waals surface area contributed by atoms with Gasteiger partial charge in [-0.05, 0) is 12.8 Å². The second-order valence-electron chi connectivity index (χ2n) is 4.05. The minimum Gasteiger partial charge on any atom is -0.383 e. The minimum atomic E-state index is -0.141. The van der Waals surface area contributed by atoms with Crippen molar-refractivity contribution in [3.05, 3.63) is 0 Å². The van der Waals surface area contributed by atoms with Crippen LogP contribution in [0.5, 0.6) is 0 Å². The van der Waals surface area contributed by atoms with Crippen LogP contribution in [0.15, 0.2) is 0 Å². The highest BCUT2D eigenvalue weighted by Crippen LogP contribution is 2.12. The first-order valence-corrected chi connectivity index (χ1v) is 6.50. The van der Waals surface area contributed by atoms with Gasteiger partial charge in [-0.25, -0.2) is 0 Å². The number of ether oxygens (including phenoxy) is 1. The average Bonchev–Trinajstić information content (AvgIpc) is 2.28. The topological polar surface area (TPSA) is 38.3 Å². The van der Waals surface area contributed by atoms with Gasteiger partial charge in [0.05, 0.1) is 12.0 Å². The Kier molecular flexibility index (Phi) is 9.74. The van der Waals surface area contributed by atoms with E-state index in [2.05, 4.69) is 12.2 Å². The summed E-state index contributed by atoms with van der Waals surface area (Å²) >= 11 is 5.94. The predicted octanol–water partition coefficient (Wildman–Crippen LogP) is 2.57. The van der Waals surface area contributed by atoms with Gasteiger partial charge in [0.1, 0.15) is 0 Å². The summed E-state index contributed by atoms with van der Waals surface area (Å²) in [6.45, 7) is 5.13. The Hall–Kier alpha value is -0.280. The largest absolute Gasteiger partial charge is 0.383 e. The normalized spacial score (nSPS) is 14.5. The van der Waals surface area contributed by atoms with Crippen molar-refractivity contribution in [1.82, 2.24) is 5.32 Å². The van der Waals surface area contributed by atoms with E-state index in [-0.39, 0.29) is 17.2 Å². The number of hydrogen-bond acceptors (Lipinski definition) is 2. The number of methoxy groups -OCH3 is 1. The Bertz CT molecular complexity index is 188. The zero-order chi connectivity index (χ0) is 12.4. The molecule has 0 aromatic carbocycles. The molecule has 0 heterocycles. The van der Waals surface area contributed by atoms with Gasteiger partial charge in [0.2, 0.25) is 5.91 Å². The molecule has 0 aromatic heterocycles. The molecule has 0 spiro atoms. The molecule has 0 saturated heterocycles. The van der Waals surface area contributed by atoms with Crippen LogP contribution in [0.2, 0.25) is 0 Å². The molecule has 0 fully saturated rings. The number of amides is 1. The third-order valence-electron chi connectivity index (χ3n) is 2.62. The van der Waals surface area contributed by atoms with E-state index in [4.69, 9.17) is 16.3 Å². The Balaban J connectivity index is 3.82. The second-order valence-corrected chi connectivity index (χ2v) is 4.66. The number of alkyl halides is 1. The molecular weight excluding hydrogens is 226 g/mol. The molecule has 0 saturated carbocycles. The minimum absolute atomic E-state index is 0.123. The number of carbonyl (C=O) groups excluding carboxylic acids is 1. The zero-order valence-corrected chi connectivity index (χ0v) is 11.3. The molecule has 4 heteroatoms. The standard InChI is InChI=1S/C12H24ClNO2/c1-4-6-7-10(5-2)12(15)14-8-11(13)9-16-3/h10-11H,4-9H2,1-3H3,(H,14,15). The first-order chi connectivity index (χ1) is 7.65. The number of unbranched alkanes of at least 4 members (excludes halogenated alkanes) is 1. The number of halogens is 1. The summed E-state index contributed by atoms with van der Waals surface area (Å²) in [4.78, 5) is 11.8. The molecule has 1 N–H and O–H groups in total. The van der Waals surface area contributed by atoms with Crippen LogP contribution in [-0.2, 0) is 9.53 Å². The van der Waals surface area contributed by atoms with Gasteiger partial charge in [0.25, 0.3) is 0 Å². The van der Waals surface area contributed by atoms with E-state index in [1.165, 1.54) is 0 Å². The summed E-state index contributed by atoms with van der Waals surface area (Å²) in [5.74, 6) is 0.254. The van der Waals surface area contributed by atoms with Gasteiger partial charge >= 0.3 is 0 Å². The molecule has 3 nitrogen and oxygen atoms in total. The maximum Gasteiger partial charge on any atom is 0.223 e. The van der Waals surface area contributed by atoms with E-state index in [1.54, 1.807) is 7.11 Å². The summed E-state index contributed by atoms with van der Waals surface area (Å²) in [5.41, 5.74) is 0. The van der Waals surface area contributed by atoms with E-state index in [0.29, 0.717) is 13.2 Å². The Morgan fingerprint density at radius 3 is 2.62 bits per heavy atom. The monoisotopic (exact) mass is 249 g/mol. The quantitative estimate of drug-likeness (QED) is 0.638. The first-order valence-electron chi connectivity index (χ1n) is 6.06. The molecule has 0 aliphatic rings. The maximum absolute atomic E-state index is 11.8. The average molecular weight is 250 g/mol. The van der Waals surface area contributed by atoms with Crippen molar-refractivity contribution in [2.24, 2.45) is 5.92 Å². The van der Waals surface area contributed by atoms with Crippen molar-refractivity contribution in [2.45, 2.75) is 44.9 Å². The highest BCUT2D eigenvalue weighted by atomic mass is 35.5. The summed E-state index contributed by atoms with van der Waals surface area (Å²) in [7, 11) is 1.60. The first kappa shape index (κ1) is 15.7.